The number of nitrogens with one attached hydrogen (secondary N) is 5. The van der Waals surface area contributed by atoms with E-state index >= 15 is 0 Å². The van der Waals surface area contributed by atoms with E-state index in [0.717, 1.165) is 9.75 Å². The van der Waals surface area contributed by atoms with Gasteiger partial charge >= 0.3 is 48.5 Å². The van der Waals surface area contributed by atoms with Crippen molar-refractivity contribution in [1.29, 1.82) is 0 Å². The number of rotatable bonds is 9. The Morgan fingerprint density at radius 1 is 0.491 bits per heavy atom. The van der Waals surface area contributed by atoms with E-state index in [1.807, 2.05) is 17.8 Å². The zero-order chi connectivity index (χ0) is 78.4. The van der Waals surface area contributed by atoms with Gasteiger partial charge in [-0.1, -0.05) is 178 Å². The van der Waals surface area contributed by atoms with Crippen LogP contribution in [0.1, 0.15) is 129 Å². The van der Waals surface area contributed by atoms with E-state index in [9.17, 15) is 81.5 Å². The Morgan fingerprint density at radius 2 is 0.810 bits per heavy atom. The van der Waals surface area contributed by atoms with Crippen molar-refractivity contribution in [3.05, 3.63) is 132 Å². The van der Waals surface area contributed by atoms with Crippen molar-refractivity contribution in [2.75, 3.05) is 37.6 Å². The number of nitrogens with two attached hydrogens (primary N) is 4. The Morgan fingerprint density at radius 3 is 1.08 bits per heavy atom. The molecule has 682 valence electrons. The Bertz CT molecular complexity index is 3740. The molecular weight excluding hydrogens is 2000 g/mol. The van der Waals surface area contributed by atoms with Crippen molar-refractivity contribution in [2.24, 2.45) is 23.3 Å². The fourth-order valence-electron chi connectivity index (χ4n) is 4.39. The van der Waals surface area contributed by atoms with Gasteiger partial charge in [-0.25, -0.2) is 69.2 Å². The summed E-state index contributed by atoms with van der Waals surface area (Å²) < 4.78 is 159. The Labute approximate surface area is 738 Å². The van der Waals surface area contributed by atoms with Gasteiger partial charge in [0, 0.05) is 91.0 Å². The number of imide groups is 1. The number of carbonyl (C=O) groups excluding carboxylic acids is 6. The van der Waals surface area contributed by atoms with Crippen LogP contribution in [0.3, 0.4) is 0 Å². The molecule has 0 atom stereocenters. The standard InChI is InChI=1S/C6H3BrClF3N4O.C6H4BrClN4.C6H4ClF3N4O.C5H6ClN3.C5H12O3.C4H4BrClN4.C4H4BrNO2.C4H2Cl2N2.C4F6O3.13CH4.2CH3.H4N2.H/c7-2-1-12-4(3(8)13-2)14-15-5(16)6(9,10)11;1-3-10-11-6-5(8)9-4(7)2-12(3)6;7-3-4(12-2-1-11-3)13-14-5(15)6(8,9)10;6-5-4(3-7)8-1-2-9-5;1-5(6-2,7-3)8-4;5-2-1-8-4(10-7)3(6)9-2;5-6-3(7)1-2-4(6)8;5-3-4(6)8-2-1-7-3;5-3(6,7)1(11)13-2(12)4(8,9)10;;;;;;;;;;;;;;;;1-2;/h1H,(H,12,14)(H,15,16);2H,1H3;1-2H,(H,12,13)(H,14,15);1-2H,3,7H2;1-4H3;1H,7H2,(H,8,10);1-2H2;1-2H;;13*1H4;2*1H3;1-2H2;/q;;;;;;;;;;;;;;;;;;;;;;2*-1;;-1. The maximum absolute atomic E-state index is 11.8. The number of hydrogen-bond donors (Lipinski definition) is 9. The van der Waals surface area contributed by atoms with Gasteiger partial charge in [0.1, 0.15) is 19.6 Å². The van der Waals surface area contributed by atoms with Gasteiger partial charge in [0.25, 0.3) is 5.97 Å². The normalized spacial score (nSPS) is 9.95. The number of alkyl halides is 12. The van der Waals surface area contributed by atoms with E-state index in [2.05, 4.69) is 151 Å². The third kappa shape index (κ3) is 60.8. The number of esters is 2. The van der Waals surface area contributed by atoms with Crippen LogP contribution in [-0.2, 0) is 54.3 Å². The highest BCUT2D eigenvalue weighted by Crippen LogP contribution is 2.24. The van der Waals surface area contributed by atoms with Gasteiger partial charge in [-0.3, -0.25) is 62.0 Å². The average Bonchev–Trinajstić information content (AvgIpc) is 1.67. The fraction of sp³-hybridized carbons (Fsp3) is 0.441. The van der Waals surface area contributed by atoms with Gasteiger partial charge in [-0.2, -0.15) is 52.7 Å². The van der Waals surface area contributed by atoms with Gasteiger partial charge in [0.05, 0.1) is 34.2 Å². The highest BCUT2D eigenvalue weighted by atomic mass is 79.9. The monoisotopic (exact) mass is 2100 g/mol. The number of nitrogens with zero attached hydrogens (tertiary/aromatic N) is 15. The lowest BCUT2D eigenvalue weighted by molar-refractivity contribution is -0.340. The van der Waals surface area contributed by atoms with Crippen LogP contribution in [0.25, 0.3) is 5.65 Å². The second-order valence-electron chi connectivity index (χ2n) is 15.8. The number of carbonyl (C=O) groups is 6. The lowest BCUT2D eigenvalue weighted by Gasteiger charge is -2.23. The zero-order valence-corrected chi connectivity index (χ0v) is 63.7. The molecule has 116 heavy (non-hydrogen) atoms. The number of hydrogen-bond acceptors (Lipinski definition) is 30. The van der Waals surface area contributed by atoms with Gasteiger partial charge in [-0.05, 0) is 54.7 Å². The molecule has 1 fully saturated rings. The summed E-state index contributed by atoms with van der Waals surface area (Å²) in [5.74, 6) is 1.97. The van der Waals surface area contributed by atoms with Crippen molar-refractivity contribution >= 4 is 204 Å². The van der Waals surface area contributed by atoms with E-state index in [1.165, 1.54) is 75.6 Å². The van der Waals surface area contributed by atoms with Crippen molar-refractivity contribution in [1.82, 2.24) is 84.2 Å². The molecule has 57 heteroatoms. The molecule has 7 aromatic rings. The largest absolute Gasteiger partial charge is 1.00 e. The number of fused-ring (bicyclic) bond motifs is 1. The van der Waals surface area contributed by atoms with Crippen LogP contribution >= 0.6 is 145 Å². The van der Waals surface area contributed by atoms with E-state index in [0.29, 0.717) is 60.7 Å². The second kappa shape index (κ2) is 74.7. The van der Waals surface area contributed by atoms with E-state index in [4.69, 9.17) is 107 Å². The molecule has 0 bridgehead atoms. The molecule has 8 heterocycles. The molecular formula is C59H102Br4Cl7F12N24O10-3. The molecule has 1 aliphatic rings. The lowest BCUT2D eigenvalue weighted by Crippen LogP contribution is -2.40. The molecule has 0 spiro atoms. The van der Waals surface area contributed by atoms with E-state index < -0.39 is 54.4 Å². The lowest BCUT2D eigenvalue weighted by atomic mass is 10.4. The number of nitrogen functional groups attached to an aromatic ring is 1. The zero-order valence-electron chi connectivity index (χ0n) is 53.1. The molecule has 1 saturated heterocycles. The third-order valence-corrected chi connectivity index (χ3v) is 13.0. The first kappa shape index (κ1) is 151. The van der Waals surface area contributed by atoms with E-state index in [-0.39, 0.29) is 162 Å². The molecule has 0 aliphatic carbocycles. The number of ether oxygens (including phenoxy) is 4. The molecule has 0 radical (unpaired) electrons. The molecule has 4 amide bonds. The number of methoxy groups -OCH3 is 3. The first-order valence-corrected chi connectivity index (χ1v) is 30.2. The Kier molecular flexibility index (Phi) is 96.9. The maximum Gasteiger partial charge on any atom is 0.491 e. The van der Waals surface area contributed by atoms with Gasteiger partial charge in [0.2, 0.25) is 11.8 Å². The van der Waals surface area contributed by atoms with Crippen molar-refractivity contribution in [3.63, 3.8) is 0 Å². The second-order valence-corrected chi connectivity index (χ2v) is 21.5. The summed E-state index contributed by atoms with van der Waals surface area (Å²) in [5, 5.41) is 8.86. The molecule has 0 aromatic carbocycles. The molecule has 0 unspecified atom stereocenters. The van der Waals surface area contributed by atoms with Gasteiger partial charge in [-0.15, -0.1) is 10.2 Å². The van der Waals surface area contributed by atoms with Gasteiger partial charge in [0.15, 0.2) is 59.2 Å². The molecule has 1 aliphatic heterocycles. The summed E-state index contributed by atoms with van der Waals surface area (Å²) in [5.41, 5.74) is 15.3. The summed E-state index contributed by atoms with van der Waals surface area (Å²) in [7, 11) is 4.56. The minimum absolute atomic E-state index is 0. The summed E-state index contributed by atoms with van der Waals surface area (Å²) in [6.07, 6.45) is -7.52. The molecule has 8 rings (SSSR count). The minimum atomic E-state index is -5.62. The predicted molar refractivity (Wildman–Crippen MR) is 448 cm³/mol. The minimum Gasteiger partial charge on any atom is -1.00 e. The van der Waals surface area contributed by atoms with Crippen LogP contribution in [0.2, 0.25) is 36.1 Å². The maximum atomic E-state index is 11.8. The number of aryl methyl sites for hydroxylation is 1. The van der Waals surface area contributed by atoms with Crippen LogP contribution in [0.15, 0.2) is 69.6 Å². The smallest absolute Gasteiger partial charge is 0.491 e. The van der Waals surface area contributed by atoms with Gasteiger partial charge < -0.3 is 46.4 Å². The summed E-state index contributed by atoms with van der Waals surface area (Å²) >= 11 is 50.8. The summed E-state index contributed by atoms with van der Waals surface area (Å²) in [6.45, 7) is 3.88. The molecule has 13 N–H and O–H groups in total. The third-order valence-electron chi connectivity index (χ3n) is 9.07. The number of anilines is 3. The quantitative estimate of drug-likeness (QED) is 0.00746. The van der Waals surface area contributed by atoms with E-state index in [1.54, 1.807) is 23.7 Å². The SMILES string of the molecule is C.C.C.C.C.C.C.C.C.C.C.C.C.COC(C)(OC)OC.Cc1nnc2c(Cl)nc(Br)cn12.Clc1nccnc1Cl.NCc1nccnc1Cl.NN.NNc1ncc(Br)nc1Cl.O=C(NNc1ncc(Br)nc1Cl)C(F)(F)F.O=C(NNc1nccnc1Cl)C(F)(F)F.O=C(OC(=O)C(F)(F)F)C(F)(F)F.O=C1CCC(=O)N1Br.[CH3-].[CH3-].[H-]. The molecule has 34 nitrogen and oxygen atoms in total. The highest BCUT2D eigenvalue weighted by Gasteiger charge is 2.49. The highest BCUT2D eigenvalue weighted by molar-refractivity contribution is 9.11. The summed E-state index contributed by atoms with van der Waals surface area (Å²) in [4.78, 5) is 102. The number of amides is 4. The van der Waals surface area contributed by atoms with Crippen LogP contribution in [0.4, 0.5) is 70.1 Å². The first-order chi connectivity index (χ1) is 46.7. The summed E-state index contributed by atoms with van der Waals surface area (Å²) in [6, 6.07) is 0. The number of aromatic nitrogens is 14. The topological polar surface area (TPSA) is 479 Å². The number of halogens is 23. The fourth-order valence-corrected chi connectivity index (χ4v) is 7.14. The molecule has 0 saturated carbocycles. The van der Waals surface area contributed by atoms with Crippen LogP contribution in [0, 0.1) is 21.8 Å². The van der Waals surface area contributed by atoms with Crippen LogP contribution in [0.5, 0.6) is 0 Å². The van der Waals surface area contributed by atoms with Crippen LogP contribution < -0.4 is 50.4 Å². The Hall–Kier alpha value is -6.60. The van der Waals surface area contributed by atoms with Crippen molar-refractivity contribution in [3.8, 4) is 0 Å². The first-order valence-electron chi connectivity index (χ1n) is 24.5. The number of hydrazine groups is 4. The van der Waals surface area contributed by atoms with Crippen molar-refractivity contribution in [2.45, 2.75) is 160 Å². The van der Waals surface area contributed by atoms with Crippen molar-refractivity contribution < 1.29 is 102 Å². The molecule has 7 aromatic heterocycles. The average molecular weight is 2100 g/mol. The predicted octanol–water partition coefficient (Wildman–Crippen LogP) is 18.8. The van der Waals surface area contributed by atoms with Crippen LogP contribution in [-0.4, -0.2) is 161 Å². The Balaban J connectivity index is -0.0000000582.